The van der Waals surface area contributed by atoms with Gasteiger partial charge in [0.15, 0.2) is 16.6 Å². The number of likely N-dealkylation sites (tertiary alicyclic amines) is 1. The molecule has 0 bridgehead atoms. The molecule has 4 heterocycles. The van der Waals surface area contributed by atoms with E-state index in [1.54, 1.807) is 6.08 Å². The number of quaternary nitrogens is 1. The topological polar surface area (TPSA) is 267 Å². The van der Waals surface area contributed by atoms with E-state index in [4.69, 9.17) is 10.6 Å². The van der Waals surface area contributed by atoms with Crippen molar-refractivity contribution in [2.45, 2.75) is 43.7 Å². The number of aromatic nitrogens is 2. The summed E-state index contributed by atoms with van der Waals surface area (Å²) in [6, 6.07) is 2.72. The van der Waals surface area contributed by atoms with Gasteiger partial charge >= 0.3 is 11.9 Å². The Morgan fingerprint density at radius 2 is 1.90 bits per heavy atom. The summed E-state index contributed by atoms with van der Waals surface area (Å²) in [5, 5.41) is 47.0. The van der Waals surface area contributed by atoms with Crippen LogP contribution in [0.15, 0.2) is 46.8 Å². The van der Waals surface area contributed by atoms with E-state index in [1.807, 2.05) is 6.08 Å². The number of aromatic hydroxyl groups is 2. The van der Waals surface area contributed by atoms with Crippen LogP contribution in [0.5, 0.6) is 11.5 Å². The van der Waals surface area contributed by atoms with Crippen molar-refractivity contribution in [3.8, 4) is 11.5 Å². The van der Waals surface area contributed by atoms with Crippen molar-refractivity contribution in [3.63, 3.8) is 0 Å². The molecule has 8 N–H and O–H groups in total. The lowest BCUT2D eigenvalue weighted by molar-refractivity contribution is -0.910. The number of fused-ring (bicyclic) bond motifs is 1. The summed E-state index contributed by atoms with van der Waals surface area (Å²) in [6.07, 6.45) is 5.56. The highest BCUT2D eigenvalue weighted by molar-refractivity contribution is 8.00. The first kappa shape index (κ1) is 37.1. The minimum atomic E-state index is -1.81. The SMILES string of the molecule is CC(C)(O/N=C(\C(=O)N[C@@H]1C(=O)N2C(C(=O)O)=C(/C=C/C[N+]3(CCNC(=O)c4ccc(O)c(O)c4)CCCC3)CS[C@H]12)c1nsc(N)n1)C(=O)O. The summed E-state index contributed by atoms with van der Waals surface area (Å²) in [7, 11) is 0. The van der Waals surface area contributed by atoms with Crippen molar-refractivity contribution in [1.29, 1.82) is 0 Å². The first-order chi connectivity index (χ1) is 24.1. The Hall–Kier alpha value is -5.21. The summed E-state index contributed by atoms with van der Waals surface area (Å²) in [5.74, 6) is -5.38. The Kier molecular flexibility index (Phi) is 10.9. The molecule has 1 aromatic heterocycles. The lowest BCUT2D eigenvalue weighted by atomic mass is 10.0. The predicted molar refractivity (Wildman–Crippen MR) is 184 cm³/mol. The number of hydrogen-bond acceptors (Lipinski definition) is 14. The number of amides is 3. The third-order valence-electron chi connectivity index (χ3n) is 8.67. The van der Waals surface area contributed by atoms with Crippen LogP contribution in [0, 0.1) is 0 Å². The molecule has 2 atom stereocenters. The van der Waals surface area contributed by atoms with Gasteiger partial charge in [-0.1, -0.05) is 11.2 Å². The summed E-state index contributed by atoms with van der Waals surface area (Å²) in [6.45, 7) is 5.69. The van der Waals surface area contributed by atoms with E-state index in [9.17, 15) is 44.4 Å². The van der Waals surface area contributed by atoms with Crippen LogP contribution in [0.2, 0.25) is 0 Å². The quantitative estimate of drug-likeness (QED) is 0.0455. The van der Waals surface area contributed by atoms with E-state index in [-0.39, 0.29) is 45.4 Å². The molecule has 0 spiro atoms. The molecule has 1 aromatic carbocycles. The summed E-state index contributed by atoms with van der Waals surface area (Å²) >= 11 is 2.03. The number of carboxylic acids is 2. The Balaban J connectivity index is 1.24. The normalized spacial score (nSPS) is 20.2. The molecule has 2 aromatic rings. The number of carboxylic acid groups (broad SMARTS) is 2. The third-order valence-corrected chi connectivity index (χ3v) is 10.5. The predicted octanol–water partition coefficient (Wildman–Crippen LogP) is 0.451. The molecular weight excluding hydrogens is 709 g/mol. The highest BCUT2D eigenvalue weighted by atomic mass is 32.2. The number of aliphatic carboxylic acids is 2. The minimum absolute atomic E-state index is 0.00507. The van der Waals surface area contributed by atoms with E-state index in [0.717, 1.165) is 42.4 Å². The van der Waals surface area contributed by atoms with Crippen molar-refractivity contribution in [1.82, 2.24) is 24.9 Å². The monoisotopic (exact) mass is 745 g/mol. The lowest BCUT2D eigenvalue weighted by Crippen LogP contribution is -2.71. The zero-order chi connectivity index (χ0) is 37.1. The van der Waals surface area contributed by atoms with Crippen LogP contribution in [0.4, 0.5) is 5.13 Å². The van der Waals surface area contributed by atoms with Crippen molar-refractivity contribution >= 4 is 63.8 Å². The Morgan fingerprint density at radius 3 is 2.53 bits per heavy atom. The van der Waals surface area contributed by atoms with Crippen molar-refractivity contribution in [2.24, 2.45) is 5.16 Å². The first-order valence-corrected chi connectivity index (χ1v) is 17.6. The number of rotatable bonds is 14. The molecule has 2 saturated heterocycles. The Bertz CT molecular complexity index is 1840. The van der Waals surface area contributed by atoms with Gasteiger partial charge in [-0.25, -0.2) is 9.59 Å². The average molecular weight is 746 g/mol. The number of β-lactam (4-membered cyclic amide) rings is 1. The number of benzene rings is 1. The van der Waals surface area contributed by atoms with Gasteiger partial charge in [-0.2, -0.15) is 9.36 Å². The number of carbonyl (C=O) groups excluding carboxylic acids is 3. The van der Waals surface area contributed by atoms with Gasteiger partial charge in [-0.3, -0.25) is 19.3 Å². The number of nitrogen functional groups attached to an aromatic ring is 1. The van der Waals surface area contributed by atoms with Crippen LogP contribution in [-0.4, -0.2) is 130 Å². The largest absolute Gasteiger partial charge is 0.504 e. The van der Waals surface area contributed by atoms with Crippen molar-refractivity contribution < 1.29 is 53.7 Å². The molecule has 20 heteroatoms. The molecule has 3 aliphatic rings. The number of nitrogens with zero attached hydrogens (tertiary/aromatic N) is 5. The van der Waals surface area contributed by atoms with Gasteiger partial charge in [0.2, 0.25) is 17.1 Å². The molecule has 5 rings (SSSR count). The molecule has 18 nitrogen and oxygen atoms in total. The molecule has 0 aliphatic carbocycles. The summed E-state index contributed by atoms with van der Waals surface area (Å²) in [5.41, 5.74) is 3.77. The molecule has 0 radical (unpaired) electrons. The number of phenols is 2. The number of hydrogen-bond donors (Lipinski definition) is 7. The van der Waals surface area contributed by atoms with Gasteiger partial charge in [0.25, 0.3) is 17.7 Å². The number of allylic oxidation sites excluding steroid dienone is 1. The molecule has 3 aliphatic heterocycles. The fourth-order valence-corrected chi connectivity index (χ4v) is 7.54. The Morgan fingerprint density at radius 1 is 1.18 bits per heavy atom. The first-order valence-electron chi connectivity index (χ1n) is 15.8. The smallest absolute Gasteiger partial charge is 0.352 e. The van der Waals surface area contributed by atoms with Gasteiger partial charge in [-0.05, 0) is 43.7 Å². The van der Waals surface area contributed by atoms with Gasteiger partial charge in [0.1, 0.15) is 17.1 Å². The summed E-state index contributed by atoms with van der Waals surface area (Å²) < 4.78 is 4.60. The van der Waals surface area contributed by atoms with Gasteiger partial charge < -0.3 is 46.1 Å². The van der Waals surface area contributed by atoms with E-state index in [0.29, 0.717) is 29.7 Å². The van der Waals surface area contributed by atoms with E-state index in [1.165, 1.54) is 43.8 Å². The number of carbonyl (C=O) groups is 5. The second-order valence-corrected chi connectivity index (χ2v) is 14.5. The second-order valence-electron chi connectivity index (χ2n) is 12.6. The zero-order valence-corrected chi connectivity index (χ0v) is 29.2. The fraction of sp³-hybridized carbons (Fsp3) is 0.419. The van der Waals surface area contributed by atoms with E-state index < -0.39 is 46.5 Å². The standard InChI is InChI=1S/C31H36N8O10S2/c1-31(2,29(47)48)49-36-20(23-35-30(32)51-37-23)25(43)34-21-26(44)38-22(28(45)46)17(15-50-27(21)38)6-5-12-39(10-3-4-11-39)13-9-33-24(42)16-7-8-18(40)19(41)14-16/h5-8,14,21,27H,3-4,9-13,15H2,1-2H3,(H7-,32,33,34,35,36,37,40,41,42,43,45,46,47,48)/p+1/b6-5+/t21-,27-/m1/s1. The number of anilines is 1. The maximum absolute atomic E-state index is 13.3. The molecule has 0 unspecified atom stereocenters. The highest BCUT2D eigenvalue weighted by Gasteiger charge is 2.54. The van der Waals surface area contributed by atoms with Gasteiger partial charge in [-0.15, -0.1) is 11.8 Å². The zero-order valence-electron chi connectivity index (χ0n) is 27.6. The van der Waals surface area contributed by atoms with Gasteiger partial charge in [0, 0.05) is 35.7 Å². The van der Waals surface area contributed by atoms with E-state index in [2.05, 4.69) is 25.1 Å². The Labute approximate surface area is 299 Å². The fourth-order valence-electron chi connectivity index (χ4n) is 5.79. The number of thioether (sulfide) groups is 1. The van der Waals surface area contributed by atoms with Crippen LogP contribution < -0.4 is 16.4 Å². The maximum Gasteiger partial charge on any atom is 0.352 e. The third kappa shape index (κ3) is 8.07. The number of oxime groups is 1. The molecule has 3 amide bonds. The van der Waals surface area contributed by atoms with Crippen molar-refractivity contribution in [2.75, 3.05) is 44.2 Å². The molecule has 2 fully saturated rings. The molecule has 272 valence electrons. The van der Waals surface area contributed by atoms with Crippen LogP contribution in [0.3, 0.4) is 0 Å². The number of nitrogens with two attached hydrogens (primary N) is 1. The molecular formula is C31H37N8O10S2+. The maximum atomic E-state index is 13.3. The molecule has 0 saturated carbocycles. The van der Waals surface area contributed by atoms with Crippen LogP contribution in [0.1, 0.15) is 42.9 Å². The number of phenolic OH excluding ortho intramolecular Hbond substituents is 2. The van der Waals surface area contributed by atoms with Crippen molar-refractivity contribution in [3.05, 3.63) is 53.0 Å². The highest BCUT2D eigenvalue weighted by Crippen LogP contribution is 2.41. The number of nitrogens with one attached hydrogen (secondary N) is 2. The minimum Gasteiger partial charge on any atom is -0.504 e. The lowest BCUT2D eigenvalue weighted by Gasteiger charge is -2.49. The average Bonchev–Trinajstić information content (AvgIpc) is 3.73. The van der Waals surface area contributed by atoms with Crippen LogP contribution in [-0.2, 0) is 24.0 Å². The van der Waals surface area contributed by atoms with Crippen LogP contribution in [0.25, 0.3) is 0 Å². The summed E-state index contributed by atoms with van der Waals surface area (Å²) in [4.78, 5) is 73.2. The van der Waals surface area contributed by atoms with E-state index >= 15 is 0 Å². The molecule has 51 heavy (non-hydrogen) atoms. The van der Waals surface area contributed by atoms with Gasteiger partial charge in [0.05, 0.1) is 32.7 Å². The second kappa shape index (κ2) is 15.0. The van der Waals surface area contributed by atoms with Crippen LogP contribution >= 0.6 is 23.3 Å².